The Hall–Kier alpha value is -4.34. The summed E-state index contributed by atoms with van der Waals surface area (Å²) in [6.45, 7) is 0.805. The number of ether oxygens (including phenoxy) is 2. The van der Waals surface area contributed by atoms with E-state index in [0.29, 0.717) is 53.1 Å². The standard InChI is InChI=1S/C30H23ClN4O5/c31-19-6-3-5-18-26(19)33-29(38)30(18)25-24(21(34-30)12-15-14-32-20-7-2-1-4-17(15)20)27(36)35(28(25)37)16-8-9-22-23(13-16)40-11-10-39-22/h1-9,13-14,21,24-25,32,34H,10-12H2,(H,33,38)/t21-,24+,25+,30+/m1/s1. The number of amides is 3. The Bertz CT molecular complexity index is 1770. The summed E-state index contributed by atoms with van der Waals surface area (Å²) in [5.41, 5.74) is 1.95. The highest BCUT2D eigenvalue weighted by molar-refractivity contribution is 6.35. The van der Waals surface area contributed by atoms with Crippen LogP contribution in [0.15, 0.2) is 66.9 Å². The first-order valence-electron chi connectivity index (χ1n) is 13.2. The summed E-state index contributed by atoms with van der Waals surface area (Å²) in [7, 11) is 0. The number of para-hydroxylation sites is 2. The molecule has 8 rings (SSSR count). The minimum absolute atomic E-state index is 0.357. The minimum atomic E-state index is -1.45. The summed E-state index contributed by atoms with van der Waals surface area (Å²) in [4.78, 5) is 46.9. The Balaban J connectivity index is 1.27. The number of hydrogen-bond donors (Lipinski definition) is 3. The lowest BCUT2D eigenvalue weighted by Gasteiger charge is -2.30. The molecule has 0 bridgehead atoms. The maximum atomic E-state index is 14.3. The predicted molar refractivity (Wildman–Crippen MR) is 148 cm³/mol. The highest BCUT2D eigenvalue weighted by atomic mass is 35.5. The normalized spacial score (nSPS) is 26.5. The van der Waals surface area contributed by atoms with Gasteiger partial charge in [-0.05, 0) is 36.2 Å². The van der Waals surface area contributed by atoms with E-state index < -0.39 is 35.2 Å². The monoisotopic (exact) mass is 554 g/mol. The van der Waals surface area contributed by atoms with Crippen molar-refractivity contribution in [1.82, 2.24) is 10.3 Å². The maximum absolute atomic E-state index is 14.3. The molecule has 4 aliphatic rings. The van der Waals surface area contributed by atoms with Crippen LogP contribution in [0.5, 0.6) is 11.5 Å². The summed E-state index contributed by atoms with van der Waals surface area (Å²) in [5, 5.41) is 7.79. The number of aromatic amines is 1. The van der Waals surface area contributed by atoms with Gasteiger partial charge in [-0.3, -0.25) is 19.7 Å². The number of carbonyl (C=O) groups excluding carboxylic acids is 3. The molecule has 200 valence electrons. The maximum Gasteiger partial charge on any atom is 0.250 e. The summed E-state index contributed by atoms with van der Waals surface area (Å²) in [6, 6.07) is 17.7. The number of H-pyrrole nitrogens is 1. The van der Waals surface area contributed by atoms with E-state index in [1.807, 2.05) is 30.5 Å². The zero-order valence-corrected chi connectivity index (χ0v) is 21.8. The molecule has 4 aromatic rings. The van der Waals surface area contributed by atoms with Gasteiger partial charge in [0.15, 0.2) is 11.5 Å². The molecule has 0 saturated carbocycles. The highest BCUT2D eigenvalue weighted by Crippen LogP contribution is 2.55. The van der Waals surface area contributed by atoms with Gasteiger partial charge in [0.2, 0.25) is 17.7 Å². The van der Waals surface area contributed by atoms with E-state index in [1.54, 1.807) is 36.4 Å². The summed E-state index contributed by atoms with van der Waals surface area (Å²) >= 11 is 6.48. The molecule has 0 radical (unpaired) electrons. The highest BCUT2D eigenvalue weighted by Gasteiger charge is 2.70. The number of halogens is 1. The number of rotatable bonds is 3. The molecular formula is C30H23ClN4O5. The Morgan fingerprint density at radius 2 is 1.77 bits per heavy atom. The number of fused-ring (bicyclic) bond motifs is 6. The molecular weight excluding hydrogens is 532 g/mol. The second kappa shape index (κ2) is 8.33. The summed E-state index contributed by atoms with van der Waals surface area (Å²) < 4.78 is 11.4. The Morgan fingerprint density at radius 3 is 2.65 bits per heavy atom. The lowest BCUT2D eigenvalue weighted by molar-refractivity contribution is -0.130. The molecule has 1 spiro atoms. The molecule has 3 N–H and O–H groups in total. The molecule has 4 aliphatic heterocycles. The summed E-state index contributed by atoms with van der Waals surface area (Å²) in [6.07, 6.45) is 2.36. The number of hydrogen-bond acceptors (Lipinski definition) is 6. The molecule has 9 nitrogen and oxygen atoms in total. The van der Waals surface area contributed by atoms with Crippen LogP contribution in [0.2, 0.25) is 5.02 Å². The van der Waals surface area contributed by atoms with Crippen molar-refractivity contribution < 1.29 is 23.9 Å². The van der Waals surface area contributed by atoms with Crippen LogP contribution in [0, 0.1) is 11.8 Å². The smallest absolute Gasteiger partial charge is 0.250 e. The Labute approximate surface area is 233 Å². The lowest BCUT2D eigenvalue weighted by Crippen LogP contribution is -2.53. The van der Waals surface area contributed by atoms with Crippen LogP contribution >= 0.6 is 11.6 Å². The number of nitrogens with zero attached hydrogens (tertiary/aromatic N) is 1. The first-order chi connectivity index (χ1) is 19.5. The van der Waals surface area contributed by atoms with Crippen LogP contribution in [-0.2, 0) is 26.3 Å². The average molecular weight is 555 g/mol. The van der Waals surface area contributed by atoms with Crippen molar-refractivity contribution in [1.29, 1.82) is 0 Å². The van der Waals surface area contributed by atoms with Crippen molar-refractivity contribution in [2.75, 3.05) is 23.4 Å². The van der Waals surface area contributed by atoms with Crippen molar-refractivity contribution in [3.63, 3.8) is 0 Å². The number of benzene rings is 3. The van der Waals surface area contributed by atoms with Gasteiger partial charge in [0.1, 0.15) is 18.8 Å². The second-order valence-electron chi connectivity index (χ2n) is 10.6. The number of carbonyl (C=O) groups is 3. The van der Waals surface area contributed by atoms with Gasteiger partial charge in [-0.2, -0.15) is 0 Å². The van der Waals surface area contributed by atoms with Crippen LogP contribution < -0.4 is 25.0 Å². The zero-order valence-electron chi connectivity index (χ0n) is 21.1. The second-order valence-corrected chi connectivity index (χ2v) is 11.0. The predicted octanol–water partition coefficient (Wildman–Crippen LogP) is 3.76. The first kappa shape index (κ1) is 23.5. The van der Waals surface area contributed by atoms with E-state index in [2.05, 4.69) is 15.6 Å². The fourth-order valence-corrected chi connectivity index (χ4v) is 7.15. The van der Waals surface area contributed by atoms with E-state index in [0.717, 1.165) is 16.5 Å². The van der Waals surface area contributed by atoms with Gasteiger partial charge in [0, 0.05) is 34.8 Å². The zero-order chi connectivity index (χ0) is 27.2. The van der Waals surface area contributed by atoms with Crippen molar-refractivity contribution in [2.24, 2.45) is 11.8 Å². The van der Waals surface area contributed by atoms with Gasteiger partial charge < -0.3 is 19.8 Å². The molecule has 0 aliphatic carbocycles. The van der Waals surface area contributed by atoms with E-state index in [9.17, 15) is 14.4 Å². The fraction of sp³-hybridized carbons (Fsp3) is 0.233. The third-order valence-corrected chi connectivity index (χ3v) is 8.91. The third-order valence-electron chi connectivity index (χ3n) is 8.60. The molecule has 10 heteroatoms. The van der Waals surface area contributed by atoms with Crippen LogP contribution in [0.1, 0.15) is 11.1 Å². The van der Waals surface area contributed by atoms with Crippen LogP contribution in [0.4, 0.5) is 11.4 Å². The molecule has 40 heavy (non-hydrogen) atoms. The average Bonchev–Trinajstić information content (AvgIpc) is 3.68. The topological polar surface area (TPSA) is 113 Å². The fourth-order valence-electron chi connectivity index (χ4n) is 6.93. The molecule has 3 amide bonds. The van der Waals surface area contributed by atoms with Gasteiger partial charge in [0.25, 0.3) is 0 Å². The van der Waals surface area contributed by atoms with E-state index in [4.69, 9.17) is 21.1 Å². The molecule has 2 fully saturated rings. The number of nitrogens with one attached hydrogen (secondary N) is 3. The SMILES string of the molecule is O=C1[C@@H]2[C@@H](C(=O)N1c1ccc3c(c1)OCCO3)[C@]1(N[C@@H]2Cc2c[nH]c3ccccc23)C(=O)Nc2c(Cl)cccc21. The van der Waals surface area contributed by atoms with Crippen molar-refractivity contribution in [2.45, 2.75) is 18.0 Å². The van der Waals surface area contributed by atoms with E-state index >= 15 is 0 Å². The molecule has 2 saturated heterocycles. The molecule has 3 aromatic carbocycles. The van der Waals surface area contributed by atoms with Gasteiger partial charge in [-0.1, -0.05) is 41.9 Å². The minimum Gasteiger partial charge on any atom is -0.486 e. The lowest BCUT2D eigenvalue weighted by atomic mass is 9.76. The first-order valence-corrected chi connectivity index (χ1v) is 13.6. The Morgan fingerprint density at radius 1 is 0.950 bits per heavy atom. The number of imide groups is 1. The van der Waals surface area contributed by atoms with Crippen LogP contribution in [-0.4, -0.2) is 42.0 Å². The quantitative estimate of drug-likeness (QED) is 0.332. The molecule has 0 unspecified atom stereocenters. The third kappa shape index (κ3) is 3.04. The van der Waals surface area contributed by atoms with Crippen molar-refractivity contribution >= 4 is 51.6 Å². The number of aromatic nitrogens is 1. The van der Waals surface area contributed by atoms with Gasteiger partial charge in [0.05, 0.1) is 28.2 Å². The number of anilines is 2. The van der Waals surface area contributed by atoms with E-state index in [-0.39, 0.29) is 5.91 Å². The van der Waals surface area contributed by atoms with Crippen molar-refractivity contribution in [3.05, 3.63) is 83.0 Å². The van der Waals surface area contributed by atoms with Gasteiger partial charge in [-0.25, -0.2) is 4.90 Å². The largest absolute Gasteiger partial charge is 0.486 e. The Kier molecular flexibility index (Phi) is 4.90. The molecule has 4 atom stereocenters. The van der Waals surface area contributed by atoms with Gasteiger partial charge in [-0.15, -0.1) is 0 Å². The van der Waals surface area contributed by atoms with Gasteiger partial charge >= 0.3 is 0 Å². The molecule has 1 aromatic heterocycles. The van der Waals surface area contributed by atoms with Crippen LogP contribution in [0.3, 0.4) is 0 Å². The van der Waals surface area contributed by atoms with Crippen LogP contribution in [0.25, 0.3) is 10.9 Å². The molecule has 5 heterocycles. The summed E-state index contributed by atoms with van der Waals surface area (Å²) in [5.74, 6) is -1.91. The van der Waals surface area contributed by atoms with Crippen molar-refractivity contribution in [3.8, 4) is 11.5 Å². The van der Waals surface area contributed by atoms with E-state index in [1.165, 1.54) is 4.90 Å².